The highest BCUT2D eigenvalue weighted by Crippen LogP contribution is 2.49. The van der Waals surface area contributed by atoms with Crippen LogP contribution in [0.5, 0.6) is 0 Å². The number of aromatic nitrogens is 2. The Bertz CT molecular complexity index is 1250. The number of carbonyl (C=O) groups is 1. The highest BCUT2D eigenvalue weighted by atomic mass is 32.2. The molecule has 1 amide bonds. The lowest BCUT2D eigenvalue weighted by molar-refractivity contribution is -0.115. The Hall–Kier alpha value is -2.86. The maximum absolute atomic E-state index is 14.3. The number of rotatable bonds is 5. The summed E-state index contributed by atoms with van der Waals surface area (Å²) in [6.45, 7) is 2.27. The van der Waals surface area contributed by atoms with Crippen LogP contribution in [0.4, 0.5) is 0 Å². The topological polar surface area (TPSA) is 78.0 Å². The molecule has 6 heteroatoms. The molecule has 1 heterocycles. The molecule has 1 fully saturated rings. The Morgan fingerprint density at radius 2 is 1.79 bits per heavy atom. The molecule has 5 nitrogen and oxygen atoms in total. The van der Waals surface area contributed by atoms with Crippen LogP contribution in [-0.2, 0) is 16.6 Å². The maximum atomic E-state index is 14.3. The number of nitrogens with two attached hydrogens (primary N) is 1. The SMILES string of the molecule is CC1(C2CCCCC2)Cc2ccccc2-c2nc(SCC(N)=O)n(-c3ccccc3)c(=O)c21. The molecule has 0 aliphatic heterocycles. The second-order valence-corrected chi connectivity index (χ2v) is 10.4. The van der Waals surface area contributed by atoms with Gasteiger partial charge in [-0.1, -0.05) is 80.4 Å². The minimum atomic E-state index is -0.431. The van der Waals surface area contributed by atoms with Gasteiger partial charge in [0.05, 0.1) is 22.7 Å². The molecule has 1 atom stereocenters. The number of hydrogen-bond donors (Lipinski definition) is 1. The fourth-order valence-electron chi connectivity index (χ4n) is 5.73. The maximum Gasteiger partial charge on any atom is 0.263 e. The Balaban J connectivity index is 1.80. The summed E-state index contributed by atoms with van der Waals surface area (Å²) in [5, 5.41) is 0.506. The van der Waals surface area contributed by atoms with Crippen LogP contribution in [-0.4, -0.2) is 21.2 Å². The molecule has 2 aromatic carbocycles. The number of fused-ring (bicyclic) bond motifs is 3. The van der Waals surface area contributed by atoms with Gasteiger partial charge >= 0.3 is 0 Å². The van der Waals surface area contributed by atoms with Crippen molar-refractivity contribution in [1.29, 1.82) is 0 Å². The van der Waals surface area contributed by atoms with Crippen molar-refractivity contribution in [1.82, 2.24) is 9.55 Å². The van der Waals surface area contributed by atoms with Gasteiger partial charge in [-0.05, 0) is 42.9 Å². The van der Waals surface area contributed by atoms with Crippen LogP contribution in [0.3, 0.4) is 0 Å². The standard InChI is InChI=1S/C27H29N3O2S/c1-27(19-11-4-2-5-12-19)16-18-10-8-9-15-21(18)24-23(27)25(32)30(20-13-6-3-7-14-20)26(29-24)33-17-22(28)31/h3,6-10,13-15,19H,2,4-5,11-12,16-17H2,1H3,(H2,28,31). The highest BCUT2D eigenvalue weighted by Gasteiger charge is 2.45. The molecule has 2 aliphatic carbocycles. The van der Waals surface area contributed by atoms with E-state index in [0.717, 1.165) is 41.8 Å². The summed E-state index contributed by atoms with van der Waals surface area (Å²) < 4.78 is 1.68. The molecule has 1 unspecified atom stereocenters. The minimum Gasteiger partial charge on any atom is -0.369 e. The van der Waals surface area contributed by atoms with Crippen molar-refractivity contribution in [3.05, 3.63) is 76.1 Å². The van der Waals surface area contributed by atoms with E-state index < -0.39 is 5.91 Å². The average molecular weight is 460 g/mol. The van der Waals surface area contributed by atoms with E-state index in [4.69, 9.17) is 10.7 Å². The largest absolute Gasteiger partial charge is 0.369 e. The van der Waals surface area contributed by atoms with Gasteiger partial charge in [-0.15, -0.1) is 0 Å². The number of para-hydroxylation sites is 1. The Morgan fingerprint density at radius 3 is 2.52 bits per heavy atom. The van der Waals surface area contributed by atoms with E-state index in [9.17, 15) is 9.59 Å². The number of nitrogens with zero attached hydrogens (tertiary/aromatic N) is 2. The van der Waals surface area contributed by atoms with Crippen molar-refractivity contribution in [2.45, 2.75) is 56.0 Å². The van der Waals surface area contributed by atoms with Crippen molar-refractivity contribution >= 4 is 17.7 Å². The molecule has 170 valence electrons. The molecule has 1 aromatic heterocycles. The molecule has 0 saturated heterocycles. The van der Waals surface area contributed by atoms with E-state index in [1.165, 1.54) is 36.6 Å². The predicted octanol–water partition coefficient (Wildman–Crippen LogP) is 4.87. The Labute approximate surface area is 198 Å². The number of benzene rings is 2. The quantitative estimate of drug-likeness (QED) is 0.436. The molecule has 3 aromatic rings. The first-order valence-corrected chi connectivity index (χ1v) is 12.7. The molecular formula is C27H29N3O2S. The zero-order valence-corrected chi connectivity index (χ0v) is 19.7. The van der Waals surface area contributed by atoms with E-state index in [2.05, 4.69) is 25.1 Å². The molecule has 2 aliphatic rings. The van der Waals surface area contributed by atoms with Crippen molar-refractivity contribution in [3.63, 3.8) is 0 Å². The number of thioether (sulfide) groups is 1. The third kappa shape index (κ3) is 3.90. The Kier molecular flexibility index (Phi) is 5.87. The molecule has 33 heavy (non-hydrogen) atoms. The van der Waals surface area contributed by atoms with Crippen LogP contribution in [0.25, 0.3) is 16.9 Å². The summed E-state index contributed by atoms with van der Waals surface area (Å²) in [6, 6.07) is 17.9. The van der Waals surface area contributed by atoms with Gasteiger partial charge in [0, 0.05) is 11.0 Å². The van der Waals surface area contributed by atoms with E-state index in [0.29, 0.717) is 11.1 Å². The molecule has 0 bridgehead atoms. The van der Waals surface area contributed by atoms with Crippen molar-refractivity contribution in [2.75, 3.05) is 5.75 Å². The zero-order valence-electron chi connectivity index (χ0n) is 18.9. The monoisotopic (exact) mass is 459 g/mol. The summed E-state index contributed by atoms with van der Waals surface area (Å²) in [6.07, 6.45) is 6.82. The molecule has 2 N–H and O–H groups in total. The fraction of sp³-hybridized carbons (Fsp3) is 0.370. The number of carbonyl (C=O) groups excluding carboxylic acids is 1. The lowest BCUT2D eigenvalue weighted by Crippen LogP contribution is -2.45. The van der Waals surface area contributed by atoms with E-state index in [1.807, 2.05) is 36.4 Å². The second-order valence-electron chi connectivity index (χ2n) is 9.44. The van der Waals surface area contributed by atoms with Crippen LogP contribution in [0.2, 0.25) is 0 Å². The zero-order chi connectivity index (χ0) is 23.0. The number of hydrogen-bond acceptors (Lipinski definition) is 4. The van der Waals surface area contributed by atoms with E-state index in [1.54, 1.807) is 4.57 Å². The molecule has 0 spiro atoms. The lowest BCUT2D eigenvalue weighted by Gasteiger charge is -2.44. The third-order valence-corrected chi connectivity index (χ3v) is 8.28. The van der Waals surface area contributed by atoms with E-state index >= 15 is 0 Å². The van der Waals surface area contributed by atoms with Gasteiger partial charge in [-0.2, -0.15) is 0 Å². The Morgan fingerprint density at radius 1 is 1.09 bits per heavy atom. The lowest BCUT2D eigenvalue weighted by atomic mass is 9.60. The molecule has 1 saturated carbocycles. The molecular weight excluding hydrogens is 430 g/mol. The minimum absolute atomic E-state index is 0.0271. The van der Waals surface area contributed by atoms with Gasteiger partial charge in [0.25, 0.3) is 5.56 Å². The molecule has 5 rings (SSSR count). The molecule has 0 radical (unpaired) electrons. The summed E-state index contributed by atoms with van der Waals surface area (Å²) in [5.74, 6) is 0.0831. The van der Waals surface area contributed by atoms with Crippen molar-refractivity contribution < 1.29 is 4.79 Å². The van der Waals surface area contributed by atoms with Crippen LogP contribution in [0, 0.1) is 5.92 Å². The van der Waals surface area contributed by atoms with Gasteiger partial charge in [0.15, 0.2) is 5.16 Å². The van der Waals surface area contributed by atoms with Gasteiger partial charge < -0.3 is 5.73 Å². The smallest absolute Gasteiger partial charge is 0.263 e. The fourth-order valence-corrected chi connectivity index (χ4v) is 6.47. The normalized spacial score (nSPS) is 20.2. The van der Waals surface area contributed by atoms with Gasteiger partial charge in [-0.25, -0.2) is 4.98 Å². The van der Waals surface area contributed by atoms with E-state index in [-0.39, 0.29) is 16.7 Å². The van der Waals surface area contributed by atoms with Crippen LogP contribution in [0.15, 0.2) is 64.5 Å². The van der Waals surface area contributed by atoms with Gasteiger partial charge in [0.1, 0.15) is 0 Å². The summed E-state index contributed by atoms with van der Waals surface area (Å²) in [4.78, 5) is 31.0. The predicted molar refractivity (Wildman–Crippen MR) is 133 cm³/mol. The van der Waals surface area contributed by atoms with Gasteiger partial charge in [0.2, 0.25) is 5.91 Å². The van der Waals surface area contributed by atoms with Crippen molar-refractivity contribution in [3.8, 4) is 16.9 Å². The first-order valence-electron chi connectivity index (χ1n) is 11.7. The van der Waals surface area contributed by atoms with Crippen LogP contribution < -0.4 is 11.3 Å². The van der Waals surface area contributed by atoms with Gasteiger partial charge in [-0.3, -0.25) is 14.2 Å². The average Bonchev–Trinajstić information content (AvgIpc) is 2.83. The first-order chi connectivity index (χ1) is 16.0. The second kappa shape index (κ2) is 8.82. The summed E-state index contributed by atoms with van der Waals surface area (Å²) >= 11 is 1.22. The van der Waals surface area contributed by atoms with Crippen molar-refractivity contribution in [2.24, 2.45) is 11.7 Å². The summed E-state index contributed by atoms with van der Waals surface area (Å²) in [5.41, 5.74) is 9.76. The van der Waals surface area contributed by atoms with Crippen LogP contribution in [0.1, 0.15) is 50.2 Å². The number of primary amides is 1. The third-order valence-electron chi connectivity index (χ3n) is 7.32. The summed E-state index contributed by atoms with van der Waals surface area (Å²) in [7, 11) is 0. The highest BCUT2D eigenvalue weighted by molar-refractivity contribution is 7.99. The number of amides is 1. The van der Waals surface area contributed by atoms with Crippen LogP contribution >= 0.6 is 11.8 Å². The first kappa shape index (κ1) is 22.0.